The fourth-order valence-electron chi connectivity index (χ4n) is 9.27. The van der Waals surface area contributed by atoms with Gasteiger partial charge in [-0.05, 0) is 133 Å². The first kappa shape index (κ1) is 45.9. The maximum absolute atomic E-state index is 14.8. The van der Waals surface area contributed by atoms with Gasteiger partial charge in [0.1, 0.15) is 17.4 Å². The number of aryl methyl sites for hydroxylation is 2. The van der Waals surface area contributed by atoms with Crippen LogP contribution in [-0.2, 0) is 19.0 Å². The number of alkyl halides is 2. The maximum Gasteiger partial charge on any atom is 0.429 e. The summed E-state index contributed by atoms with van der Waals surface area (Å²) in [6.07, 6.45) is 13.4. The number of ether oxygens (including phenoxy) is 1. The van der Waals surface area contributed by atoms with Crippen LogP contribution in [0, 0.1) is 46.8 Å². The number of unbranched alkanes of at least 4 members (excludes halogenated alkanes) is 2. The zero-order valence-corrected chi connectivity index (χ0v) is 35.7. The van der Waals surface area contributed by atoms with E-state index in [1.54, 1.807) is 6.07 Å². The first-order valence-corrected chi connectivity index (χ1v) is 22.4. The van der Waals surface area contributed by atoms with Gasteiger partial charge in [0.05, 0.1) is 5.56 Å². The van der Waals surface area contributed by atoms with Gasteiger partial charge in [-0.25, -0.2) is 22.0 Å². The Kier molecular flexibility index (Phi) is 16.2. The van der Waals surface area contributed by atoms with Gasteiger partial charge in [0.2, 0.25) is 0 Å². The molecule has 2 fully saturated rings. The molecule has 2 aliphatic rings. The molecule has 0 aliphatic heterocycles. The van der Waals surface area contributed by atoms with Crippen LogP contribution in [0.1, 0.15) is 132 Å². The van der Waals surface area contributed by atoms with Crippen molar-refractivity contribution in [2.24, 2.45) is 17.8 Å². The molecule has 7 rings (SSSR count). The van der Waals surface area contributed by atoms with Gasteiger partial charge < -0.3 is 4.74 Å². The molecule has 0 radical (unpaired) electrons. The first-order valence-electron chi connectivity index (χ1n) is 22.4. The van der Waals surface area contributed by atoms with Crippen molar-refractivity contribution in [2.75, 3.05) is 0 Å². The Morgan fingerprint density at radius 3 is 1.69 bits per heavy atom. The summed E-state index contributed by atoms with van der Waals surface area (Å²) in [5, 5.41) is 0. The SMILES string of the molecule is CCCCC1CCC(C2CCC(c3ccc(C(F)(F)Oc4cc(F)c(F)c(F)c4)c(F)c3)CC2)CC1.CCCCc1ccc(-c2ccc(-c3ccc(CC)cc3)cc2F)cc1. The van der Waals surface area contributed by atoms with Crippen molar-refractivity contribution in [2.45, 2.75) is 129 Å². The summed E-state index contributed by atoms with van der Waals surface area (Å²) in [4.78, 5) is 0. The van der Waals surface area contributed by atoms with Crippen molar-refractivity contribution in [1.29, 1.82) is 0 Å². The second-order valence-electron chi connectivity index (χ2n) is 17.1. The molecule has 1 nitrogen and oxygen atoms in total. The molecular formula is C53H59F7O. The first-order chi connectivity index (χ1) is 29.4. The van der Waals surface area contributed by atoms with E-state index in [1.807, 2.05) is 24.3 Å². The second kappa shape index (κ2) is 21.5. The lowest BCUT2D eigenvalue weighted by atomic mass is 9.68. The quantitative estimate of drug-likeness (QED) is 0.0799. The molecule has 0 heterocycles. The summed E-state index contributed by atoms with van der Waals surface area (Å²) in [6.45, 7) is 6.57. The third kappa shape index (κ3) is 12.1. The zero-order valence-electron chi connectivity index (χ0n) is 35.7. The number of hydrogen-bond donors (Lipinski definition) is 0. The van der Waals surface area contributed by atoms with Gasteiger partial charge >= 0.3 is 6.11 Å². The van der Waals surface area contributed by atoms with Crippen molar-refractivity contribution >= 4 is 0 Å². The Hall–Kier alpha value is -4.59. The van der Waals surface area contributed by atoms with Crippen molar-refractivity contribution in [1.82, 2.24) is 0 Å². The molecule has 0 spiro atoms. The Morgan fingerprint density at radius 2 is 1.11 bits per heavy atom. The number of benzene rings is 5. The number of halogens is 7. The van der Waals surface area contributed by atoms with Gasteiger partial charge in [0, 0.05) is 17.7 Å². The average molecular weight is 845 g/mol. The third-order valence-electron chi connectivity index (χ3n) is 13.0. The van der Waals surface area contributed by atoms with E-state index in [9.17, 15) is 30.7 Å². The highest BCUT2D eigenvalue weighted by molar-refractivity contribution is 5.71. The minimum Gasteiger partial charge on any atom is -0.429 e. The number of hydrogen-bond acceptors (Lipinski definition) is 1. The van der Waals surface area contributed by atoms with E-state index in [2.05, 4.69) is 61.9 Å². The van der Waals surface area contributed by atoms with Crippen LogP contribution < -0.4 is 4.74 Å². The summed E-state index contributed by atoms with van der Waals surface area (Å²) in [7, 11) is 0. The topological polar surface area (TPSA) is 9.23 Å². The molecule has 5 aromatic rings. The molecule has 0 atom stereocenters. The highest BCUT2D eigenvalue weighted by atomic mass is 19.3. The van der Waals surface area contributed by atoms with E-state index in [1.165, 1.54) is 75.0 Å². The van der Waals surface area contributed by atoms with E-state index in [0.717, 1.165) is 79.2 Å². The molecule has 2 saturated carbocycles. The van der Waals surface area contributed by atoms with Crippen LogP contribution in [0.3, 0.4) is 0 Å². The van der Waals surface area contributed by atoms with Crippen LogP contribution in [0.15, 0.2) is 97.1 Å². The second-order valence-corrected chi connectivity index (χ2v) is 17.1. The molecule has 0 aromatic heterocycles. The Morgan fingerprint density at radius 1 is 0.541 bits per heavy atom. The minimum absolute atomic E-state index is 0.112. The fourth-order valence-corrected chi connectivity index (χ4v) is 9.27. The van der Waals surface area contributed by atoms with E-state index in [4.69, 9.17) is 0 Å². The molecule has 2 aliphatic carbocycles. The Labute approximate surface area is 357 Å². The minimum atomic E-state index is -4.19. The lowest BCUT2D eigenvalue weighted by Gasteiger charge is -2.38. The monoisotopic (exact) mass is 844 g/mol. The maximum atomic E-state index is 14.8. The fraction of sp³-hybridized carbons (Fsp3) is 0.434. The van der Waals surface area contributed by atoms with Crippen molar-refractivity contribution in [3.05, 3.63) is 148 Å². The van der Waals surface area contributed by atoms with Crippen molar-refractivity contribution in [3.63, 3.8) is 0 Å². The Balaban J connectivity index is 0.000000218. The lowest BCUT2D eigenvalue weighted by Crippen LogP contribution is -2.26. The summed E-state index contributed by atoms with van der Waals surface area (Å²) in [6, 6.07) is 26.3. The molecule has 326 valence electrons. The third-order valence-corrected chi connectivity index (χ3v) is 13.0. The van der Waals surface area contributed by atoms with Crippen LogP contribution in [0.4, 0.5) is 30.7 Å². The molecule has 0 saturated heterocycles. The summed E-state index contributed by atoms with van der Waals surface area (Å²) >= 11 is 0. The van der Waals surface area contributed by atoms with Crippen LogP contribution in [0.25, 0.3) is 22.3 Å². The van der Waals surface area contributed by atoms with Crippen LogP contribution in [-0.4, -0.2) is 0 Å². The summed E-state index contributed by atoms with van der Waals surface area (Å²) < 4.78 is 103. The van der Waals surface area contributed by atoms with Gasteiger partial charge in [-0.1, -0.05) is 126 Å². The van der Waals surface area contributed by atoms with Crippen LogP contribution >= 0.6 is 0 Å². The van der Waals surface area contributed by atoms with Gasteiger partial charge in [0.15, 0.2) is 17.5 Å². The molecule has 0 unspecified atom stereocenters. The summed E-state index contributed by atoms with van der Waals surface area (Å²) in [5.74, 6) is -4.94. The normalized spacial score (nSPS) is 19.2. The smallest absolute Gasteiger partial charge is 0.429 e. The van der Waals surface area contributed by atoms with E-state index >= 15 is 0 Å². The largest absolute Gasteiger partial charge is 0.429 e. The van der Waals surface area contributed by atoms with Gasteiger partial charge in [-0.2, -0.15) is 8.78 Å². The van der Waals surface area contributed by atoms with E-state index < -0.39 is 40.7 Å². The highest BCUT2D eigenvalue weighted by Gasteiger charge is 2.39. The van der Waals surface area contributed by atoms with Gasteiger partial charge in [-0.3, -0.25) is 0 Å². The standard InChI is InChI=1S/C29H34F6O.C24H25F/c1-2-3-4-18-5-7-19(8-6-18)20-9-11-21(12-10-20)22-13-14-24(25(30)15-22)29(34,35)36-23-16-26(31)28(33)27(32)17-23;1-3-5-6-19-9-13-21(14-10-19)23-16-15-22(17-24(23)25)20-11-7-18(4-2)8-12-20/h13-21H,2-12H2,1H3;7-17H,3-6H2,1-2H3. The molecule has 8 heteroatoms. The molecule has 0 amide bonds. The van der Waals surface area contributed by atoms with Crippen molar-refractivity contribution in [3.8, 4) is 28.0 Å². The lowest BCUT2D eigenvalue weighted by molar-refractivity contribution is -0.187. The van der Waals surface area contributed by atoms with Crippen LogP contribution in [0.2, 0.25) is 0 Å². The van der Waals surface area contributed by atoms with E-state index in [0.29, 0.717) is 29.2 Å². The summed E-state index contributed by atoms with van der Waals surface area (Å²) in [5.41, 5.74) is 5.82. The molecule has 61 heavy (non-hydrogen) atoms. The molecular weight excluding hydrogens is 786 g/mol. The Bertz CT molecular complexity index is 2120. The number of rotatable bonds is 14. The zero-order chi connectivity index (χ0) is 43.5. The predicted molar refractivity (Wildman–Crippen MR) is 232 cm³/mol. The van der Waals surface area contributed by atoms with Gasteiger partial charge in [-0.15, -0.1) is 0 Å². The predicted octanol–water partition coefficient (Wildman–Crippen LogP) is 16.7. The molecule has 0 N–H and O–H groups in total. The molecule has 0 bridgehead atoms. The highest BCUT2D eigenvalue weighted by Crippen LogP contribution is 2.45. The van der Waals surface area contributed by atoms with E-state index in [-0.39, 0.29) is 11.7 Å². The average Bonchev–Trinajstić information content (AvgIpc) is 3.27. The van der Waals surface area contributed by atoms with Crippen LogP contribution in [0.5, 0.6) is 5.75 Å². The van der Waals surface area contributed by atoms with Gasteiger partial charge in [0.25, 0.3) is 0 Å². The van der Waals surface area contributed by atoms with Crippen molar-refractivity contribution < 1.29 is 35.5 Å². The molecule has 5 aromatic carbocycles.